The quantitative estimate of drug-likeness (QED) is 0.361. The predicted octanol–water partition coefficient (Wildman–Crippen LogP) is 4.25. The third kappa shape index (κ3) is 5.86. The molecule has 3 aromatic rings. The highest BCUT2D eigenvalue weighted by molar-refractivity contribution is 5.94. The van der Waals surface area contributed by atoms with Crippen molar-refractivity contribution in [2.75, 3.05) is 13.2 Å². The van der Waals surface area contributed by atoms with Gasteiger partial charge in [0.1, 0.15) is 23.9 Å². The molecule has 0 saturated carbocycles. The number of imidazole rings is 1. The molecule has 2 N–H and O–H groups in total. The van der Waals surface area contributed by atoms with Crippen LogP contribution in [0.2, 0.25) is 0 Å². The number of hydrogen-bond acceptors (Lipinski definition) is 5. The number of rotatable bonds is 8. The van der Waals surface area contributed by atoms with Crippen LogP contribution in [0.4, 0.5) is 13.6 Å². The number of aryl methyl sites for hydroxylation is 2. The summed E-state index contributed by atoms with van der Waals surface area (Å²) in [5.41, 5.74) is 3.04. The molecule has 2 aromatic heterocycles. The van der Waals surface area contributed by atoms with E-state index >= 15 is 0 Å². The summed E-state index contributed by atoms with van der Waals surface area (Å²) in [6.45, 7) is 8.29. The van der Waals surface area contributed by atoms with Gasteiger partial charge in [-0.05, 0) is 58.4 Å². The van der Waals surface area contributed by atoms with Gasteiger partial charge in [0.15, 0.2) is 11.4 Å². The third-order valence-corrected chi connectivity index (χ3v) is 5.27. The van der Waals surface area contributed by atoms with Crippen LogP contribution in [-0.4, -0.2) is 50.1 Å². The normalized spacial score (nSPS) is 11.5. The minimum Gasteiger partial charge on any atom is -0.485 e. The third-order valence-electron chi connectivity index (χ3n) is 5.27. The van der Waals surface area contributed by atoms with Gasteiger partial charge in [-0.15, -0.1) is 0 Å². The molecule has 0 radical (unpaired) electrons. The summed E-state index contributed by atoms with van der Waals surface area (Å²) in [5.74, 6) is -1.79. The number of fused-ring (bicyclic) bond motifs is 1. The van der Waals surface area contributed by atoms with Gasteiger partial charge in [0.05, 0.1) is 24.4 Å². The van der Waals surface area contributed by atoms with Gasteiger partial charge in [0.2, 0.25) is 0 Å². The second-order valence-electron chi connectivity index (χ2n) is 8.99. The topological polar surface area (TPSA) is 105 Å². The van der Waals surface area contributed by atoms with Crippen LogP contribution in [0.25, 0.3) is 5.65 Å². The van der Waals surface area contributed by atoms with Gasteiger partial charge in [0.25, 0.3) is 5.91 Å². The molecule has 2 heterocycles. The average Bonchev–Trinajstić information content (AvgIpc) is 3.07. The van der Waals surface area contributed by atoms with Gasteiger partial charge in [-0.1, -0.05) is 6.07 Å². The number of pyridine rings is 1. The van der Waals surface area contributed by atoms with Gasteiger partial charge in [-0.25, -0.2) is 24.0 Å². The summed E-state index contributed by atoms with van der Waals surface area (Å²) >= 11 is 0. The Morgan fingerprint density at radius 3 is 2.46 bits per heavy atom. The van der Waals surface area contributed by atoms with Crippen LogP contribution in [0.1, 0.15) is 48.1 Å². The molecule has 188 valence electrons. The minimum atomic E-state index is -1.09. The number of carbonyl (C=O) groups excluding carboxylic acids is 1. The van der Waals surface area contributed by atoms with Crippen LogP contribution in [-0.2, 0) is 11.4 Å². The van der Waals surface area contributed by atoms with Crippen molar-refractivity contribution < 1.29 is 33.1 Å². The monoisotopic (exact) mass is 490 g/mol. The first-order chi connectivity index (χ1) is 16.4. The molecule has 11 heteroatoms. The highest BCUT2D eigenvalue weighted by Gasteiger charge is 2.26. The van der Waals surface area contributed by atoms with E-state index in [4.69, 9.17) is 9.57 Å². The van der Waals surface area contributed by atoms with Gasteiger partial charge < -0.3 is 14.7 Å². The van der Waals surface area contributed by atoms with Crippen LogP contribution >= 0.6 is 0 Å². The fourth-order valence-electron chi connectivity index (χ4n) is 3.58. The lowest BCUT2D eigenvalue weighted by Crippen LogP contribution is -2.47. The van der Waals surface area contributed by atoms with Crippen LogP contribution in [0, 0.1) is 25.5 Å². The van der Waals surface area contributed by atoms with Gasteiger partial charge in [-0.2, -0.15) is 0 Å². The maximum absolute atomic E-state index is 14.0. The first-order valence-corrected chi connectivity index (χ1v) is 10.9. The summed E-state index contributed by atoms with van der Waals surface area (Å²) in [5, 5.41) is 9.34. The van der Waals surface area contributed by atoms with Gasteiger partial charge >= 0.3 is 6.09 Å². The molecular weight excluding hydrogens is 462 g/mol. The zero-order valence-corrected chi connectivity index (χ0v) is 20.2. The van der Waals surface area contributed by atoms with Crippen LogP contribution in [0.15, 0.2) is 30.5 Å². The molecule has 0 aliphatic heterocycles. The van der Waals surface area contributed by atoms with Crippen molar-refractivity contribution in [2.45, 2.75) is 46.8 Å². The van der Waals surface area contributed by atoms with Crippen molar-refractivity contribution in [3.63, 3.8) is 0 Å². The molecule has 35 heavy (non-hydrogen) atoms. The highest BCUT2D eigenvalue weighted by atomic mass is 19.1. The van der Waals surface area contributed by atoms with Crippen molar-refractivity contribution in [3.05, 3.63) is 64.6 Å². The Labute approximate surface area is 201 Å². The van der Waals surface area contributed by atoms with Crippen molar-refractivity contribution in [1.82, 2.24) is 19.8 Å². The minimum absolute atomic E-state index is 0.0505. The Balaban J connectivity index is 1.76. The molecule has 0 bridgehead atoms. The fourth-order valence-corrected chi connectivity index (χ4v) is 3.58. The molecule has 3 rings (SSSR count). The molecule has 0 fully saturated rings. The van der Waals surface area contributed by atoms with E-state index in [0.717, 1.165) is 17.7 Å². The Bertz CT molecular complexity index is 1230. The molecule has 0 unspecified atom stereocenters. The largest absolute Gasteiger partial charge is 0.485 e. The number of ether oxygens (including phenoxy) is 1. The predicted molar refractivity (Wildman–Crippen MR) is 123 cm³/mol. The summed E-state index contributed by atoms with van der Waals surface area (Å²) < 4.78 is 35.2. The molecule has 1 aromatic carbocycles. The second-order valence-corrected chi connectivity index (χ2v) is 8.99. The molecule has 0 atom stereocenters. The number of hydroxylamine groups is 1. The lowest BCUT2D eigenvalue weighted by Gasteiger charge is -2.32. The van der Waals surface area contributed by atoms with Crippen molar-refractivity contribution in [2.24, 2.45) is 0 Å². The number of nitrogens with zero attached hydrogens (tertiary/aromatic N) is 3. The Morgan fingerprint density at radius 1 is 1.20 bits per heavy atom. The maximum atomic E-state index is 14.0. The van der Waals surface area contributed by atoms with Crippen molar-refractivity contribution in [3.8, 4) is 5.75 Å². The molecule has 0 saturated heterocycles. The molecular formula is C24H28F2N4O5. The van der Waals surface area contributed by atoms with E-state index in [2.05, 4.69) is 10.5 Å². The van der Waals surface area contributed by atoms with Crippen molar-refractivity contribution >= 4 is 17.6 Å². The van der Waals surface area contributed by atoms with Crippen LogP contribution < -0.4 is 10.2 Å². The number of aromatic nitrogens is 2. The second kappa shape index (κ2) is 10.3. The summed E-state index contributed by atoms with van der Waals surface area (Å²) in [7, 11) is 0. The number of benzene rings is 1. The van der Waals surface area contributed by atoms with E-state index in [9.17, 15) is 23.5 Å². The Morgan fingerprint density at radius 2 is 1.86 bits per heavy atom. The molecule has 0 aliphatic rings. The Kier molecular flexibility index (Phi) is 7.59. The summed E-state index contributed by atoms with van der Waals surface area (Å²) in [6, 6.07) is 5.22. The lowest BCUT2D eigenvalue weighted by atomic mass is 10.1. The average molecular weight is 491 g/mol. The van der Waals surface area contributed by atoms with E-state index in [1.165, 1.54) is 15.4 Å². The number of carbonyl (C=O) groups is 2. The van der Waals surface area contributed by atoms with Crippen molar-refractivity contribution in [1.29, 1.82) is 0 Å². The highest BCUT2D eigenvalue weighted by Crippen LogP contribution is 2.26. The first kappa shape index (κ1) is 25.9. The summed E-state index contributed by atoms with van der Waals surface area (Å²) in [6.07, 6.45) is 0.579. The Hall–Kier alpha value is -3.73. The summed E-state index contributed by atoms with van der Waals surface area (Å²) in [4.78, 5) is 35.1. The zero-order valence-electron chi connectivity index (χ0n) is 20.2. The van der Waals surface area contributed by atoms with E-state index < -0.39 is 29.2 Å². The number of halogens is 2. The molecule has 2 amide bonds. The number of carboxylic acid groups (broad SMARTS) is 1. The maximum Gasteiger partial charge on any atom is 0.407 e. The first-order valence-electron chi connectivity index (χ1n) is 10.9. The lowest BCUT2D eigenvalue weighted by molar-refractivity contribution is 0.0131. The SMILES string of the molecule is Cc1cc(OCc2c(F)cccc2F)c2nc(C)c(C(=O)NOCCN(C(=O)O)C(C)(C)C)n2c1. The van der Waals surface area contributed by atoms with E-state index in [-0.39, 0.29) is 36.8 Å². The standard InChI is InChI=1S/C24H28F2N4O5/c1-14-11-19(34-13-16-17(25)7-6-8-18(16)26)21-27-15(2)20(29(21)12-14)22(31)28-35-10-9-30(23(32)33)24(3,4)5/h6-8,11-12H,9-10,13H2,1-5H3,(H,28,31)(H,32,33). The van der Waals surface area contributed by atoms with Crippen LogP contribution in [0.3, 0.4) is 0 Å². The van der Waals surface area contributed by atoms with Crippen LogP contribution in [0.5, 0.6) is 5.75 Å². The fraction of sp³-hybridized carbons (Fsp3) is 0.375. The van der Waals surface area contributed by atoms with E-state index in [1.54, 1.807) is 46.9 Å². The van der Waals surface area contributed by atoms with Gasteiger partial charge in [0, 0.05) is 11.7 Å². The molecule has 0 aliphatic carbocycles. The molecule has 0 spiro atoms. The zero-order chi connectivity index (χ0) is 25.9. The molecule has 9 nitrogen and oxygen atoms in total. The number of hydrogen-bond donors (Lipinski definition) is 2. The smallest absolute Gasteiger partial charge is 0.407 e. The van der Waals surface area contributed by atoms with E-state index in [0.29, 0.717) is 11.3 Å². The number of amides is 2. The van der Waals surface area contributed by atoms with E-state index in [1.807, 2.05) is 0 Å². The number of nitrogens with one attached hydrogen (secondary N) is 1. The van der Waals surface area contributed by atoms with Gasteiger partial charge in [-0.3, -0.25) is 14.0 Å².